The molecule has 0 aliphatic rings. The number of alkyl halides is 1. The number of carbonyl (C=O) groups excluding carboxylic acids is 1. The highest BCUT2D eigenvalue weighted by Gasteiger charge is 2.20. The molecule has 16 heavy (non-hydrogen) atoms. The fraction of sp³-hybridized carbons (Fsp3) is 0.364. The van der Waals surface area contributed by atoms with Crippen LogP contribution in [0, 0.1) is 0 Å². The summed E-state index contributed by atoms with van der Waals surface area (Å²) in [6.07, 6.45) is 0. The van der Waals surface area contributed by atoms with Crippen LogP contribution in [0.2, 0.25) is 0 Å². The van der Waals surface area contributed by atoms with Crippen LogP contribution in [-0.2, 0) is 4.79 Å². The van der Waals surface area contributed by atoms with E-state index in [1.165, 1.54) is 14.2 Å². The van der Waals surface area contributed by atoms with Crippen molar-refractivity contribution in [1.29, 1.82) is 0 Å². The van der Waals surface area contributed by atoms with E-state index < -0.39 is 5.38 Å². The van der Waals surface area contributed by atoms with Crippen LogP contribution in [0.15, 0.2) is 18.2 Å². The number of ether oxygens (including phenoxy) is 2. The number of hydrogen-bond acceptors (Lipinski definition) is 3. The molecule has 1 amide bonds. The van der Waals surface area contributed by atoms with Gasteiger partial charge >= 0.3 is 0 Å². The first-order valence-corrected chi connectivity index (χ1v) is 5.15. The molecular formula is C11H14ClNO3. The van der Waals surface area contributed by atoms with Crippen molar-refractivity contribution in [2.75, 3.05) is 21.3 Å². The molecule has 0 saturated carbocycles. The van der Waals surface area contributed by atoms with Crippen molar-refractivity contribution < 1.29 is 14.3 Å². The Bertz CT molecular complexity index is 381. The van der Waals surface area contributed by atoms with Gasteiger partial charge in [0.05, 0.1) is 14.2 Å². The second-order valence-electron chi connectivity index (χ2n) is 3.08. The minimum Gasteiger partial charge on any atom is -0.497 e. The number of carbonyl (C=O) groups is 1. The Morgan fingerprint density at radius 2 is 2.06 bits per heavy atom. The zero-order valence-electron chi connectivity index (χ0n) is 9.41. The molecule has 4 nitrogen and oxygen atoms in total. The van der Waals surface area contributed by atoms with Crippen molar-refractivity contribution in [3.63, 3.8) is 0 Å². The van der Waals surface area contributed by atoms with E-state index >= 15 is 0 Å². The van der Waals surface area contributed by atoms with E-state index in [2.05, 4.69) is 5.32 Å². The lowest BCUT2D eigenvalue weighted by Crippen LogP contribution is -2.22. The smallest absolute Gasteiger partial charge is 0.242 e. The summed E-state index contributed by atoms with van der Waals surface area (Å²) in [7, 11) is 4.61. The summed E-state index contributed by atoms with van der Waals surface area (Å²) in [5, 5.41) is 1.69. The van der Waals surface area contributed by atoms with E-state index in [1.54, 1.807) is 25.3 Å². The van der Waals surface area contributed by atoms with Crippen LogP contribution in [0.5, 0.6) is 11.5 Å². The first-order chi connectivity index (χ1) is 7.63. The Labute approximate surface area is 99.5 Å². The van der Waals surface area contributed by atoms with E-state index in [0.29, 0.717) is 17.1 Å². The van der Waals surface area contributed by atoms with Crippen molar-refractivity contribution in [3.8, 4) is 11.5 Å². The van der Waals surface area contributed by atoms with E-state index in [1.807, 2.05) is 0 Å². The van der Waals surface area contributed by atoms with Gasteiger partial charge in [0, 0.05) is 12.6 Å². The van der Waals surface area contributed by atoms with Crippen molar-refractivity contribution in [2.45, 2.75) is 5.38 Å². The normalized spacial score (nSPS) is 11.8. The highest BCUT2D eigenvalue weighted by Crippen LogP contribution is 2.32. The first-order valence-electron chi connectivity index (χ1n) is 4.71. The second kappa shape index (κ2) is 5.61. The minimum absolute atomic E-state index is 0.284. The predicted molar refractivity (Wildman–Crippen MR) is 62.2 cm³/mol. The maximum absolute atomic E-state index is 11.4. The number of methoxy groups -OCH3 is 2. The van der Waals surface area contributed by atoms with Gasteiger partial charge in [-0.3, -0.25) is 4.79 Å². The molecule has 0 heterocycles. The van der Waals surface area contributed by atoms with Gasteiger partial charge in [-0.15, -0.1) is 11.6 Å². The lowest BCUT2D eigenvalue weighted by molar-refractivity contribution is -0.120. The third-order valence-electron chi connectivity index (χ3n) is 2.19. The number of halogens is 1. The van der Waals surface area contributed by atoms with Crippen LogP contribution in [0.3, 0.4) is 0 Å². The number of amides is 1. The molecule has 1 aromatic rings. The number of benzene rings is 1. The van der Waals surface area contributed by atoms with Gasteiger partial charge < -0.3 is 14.8 Å². The Balaban J connectivity index is 3.12. The quantitative estimate of drug-likeness (QED) is 0.820. The number of rotatable bonds is 4. The lowest BCUT2D eigenvalue weighted by atomic mass is 10.1. The molecule has 5 heteroatoms. The maximum atomic E-state index is 11.4. The van der Waals surface area contributed by atoms with Crippen LogP contribution in [0.4, 0.5) is 0 Å². The third kappa shape index (κ3) is 2.58. The Hall–Kier alpha value is -1.42. The zero-order valence-corrected chi connectivity index (χ0v) is 10.2. The number of nitrogens with one attached hydrogen (secondary N) is 1. The topological polar surface area (TPSA) is 47.6 Å². The van der Waals surface area contributed by atoms with Gasteiger partial charge in [0.1, 0.15) is 16.9 Å². The predicted octanol–water partition coefficient (Wildman–Crippen LogP) is 1.73. The van der Waals surface area contributed by atoms with Crippen molar-refractivity contribution in [1.82, 2.24) is 5.32 Å². The Kier molecular flexibility index (Phi) is 4.43. The molecular weight excluding hydrogens is 230 g/mol. The lowest BCUT2D eigenvalue weighted by Gasteiger charge is -2.14. The van der Waals surface area contributed by atoms with Gasteiger partial charge in [-0.1, -0.05) is 0 Å². The fourth-order valence-corrected chi connectivity index (χ4v) is 1.59. The second-order valence-corrected chi connectivity index (χ2v) is 3.52. The van der Waals surface area contributed by atoms with Gasteiger partial charge in [-0.2, -0.15) is 0 Å². The molecule has 1 aromatic carbocycles. The molecule has 1 N–H and O–H groups in total. The van der Waals surface area contributed by atoms with E-state index in [0.717, 1.165) is 0 Å². The summed E-state index contributed by atoms with van der Waals surface area (Å²) < 4.78 is 10.2. The number of likely N-dealkylation sites (N-methyl/N-ethyl adjacent to an activating group) is 1. The maximum Gasteiger partial charge on any atom is 0.242 e. The summed E-state index contributed by atoms with van der Waals surface area (Å²) in [4.78, 5) is 11.4. The molecule has 0 fully saturated rings. The molecule has 0 spiro atoms. The fourth-order valence-electron chi connectivity index (χ4n) is 1.31. The van der Waals surface area contributed by atoms with E-state index in [-0.39, 0.29) is 5.91 Å². The Morgan fingerprint density at radius 1 is 1.38 bits per heavy atom. The monoisotopic (exact) mass is 243 g/mol. The van der Waals surface area contributed by atoms with Crippen LogP contribution in [0.25, 0.3) is 0 Å². The molecule has 0 saturated heterocycles. The standard InChI is InChI=1S/C11H14ClNO3/c1-13-11(14)10(12)8-6-7(15-2)4-5-9(8)16-3/h4-6,10H,1-3H3,(H,13,14). The molecule has 1 rings (SSSR count). The minimum atomic E-state index is -0.796. The number of hydrogen-bond donors (Lipinski definition) is 1. The SMILES string of the molecule is CNC(=O)C(Cl)c1cc(OC)ccc1OC. The van der Waals surface area contributed by atoms with Crippen LogP contribution < -0.4 is 14.8 Å². The van der Waals surface area contributed by atoms with E-state index in [4.69, 9.17) is 21.1 Å². The van der Waals surface area contributed by atoms with Gasteiger partial charge in [-0.25, -0.2) is 0 Å². The third-order valence-corrected chi connectivity index (χ3v) is 2.62. The summed E-state index contributed by atoms with van der Waals surface area (Å²) in [6.45, 7) is 0. The van der Waals surface area contributed by atoms with Crippen molar-refractivity contribution in [3.05, 3.63) is 23.8 Å². The average molecular weight is 244 g/mol. The molecule has 1 unspecified atom stereocenters. The molecule has 88 valence electrons. The molecule has 1 atom stereocenters. The van der Waals surface area contributed by atoms with Crippen LogP contribution >= 0.6 is 11.6 Å². The summed E-state index contributed by atoms with van der Waals surface area (Å²) >= 11 is 6.02. The molecule has 0 radical (unpaired) electrons. The van der Waals surface area contributed by atoms with Gasteiger partial charge in [0.25, 0.3) is 0 Å². The molecule has 0 aromatic heterocycles. The van der Waals surface area contributed by atoms with Crippen molar-refractivity contribution in [2.24, 2.45) is 0 Å². The molecule has 0 aliphatic heterocycles. The van der Waals surface area contributed by atoms with Crippen molar-refractivity contribution >= 4 is 17.5 Å². The van der Waals surface area contributed by atoms with Gasteiger partial charge in [-0.05, 0) is 18.2 Å². The summed E-state index contributed by atoms with van der Waals surface area (Å²) in [5.74, 6) is 0.906. The van der Waals surface area contributed by atoms with E-state index in [9.17, 15) is 4.79 Å². The highest BCUT2D eigenvalue weighted by atomic mass is 35.5. The molecule has 0 aliphatic carbocycles. The molecule has 0 bridgehead atoms. The zero-order chi connectivity index (χ0) is 12.1. The average Bonchev–Trinajstić information content (AvgIpc) is 2.35. The van der Waals surface area contributed by atoms with Crippen LogP contribution in [-0.4, -0.2) is 27.2 Å². The first kappa shape index (κ1) is 12.6. The highest BCUT2D eigenvalue weighted by molar-refractivity contribution is 6.31. The van der Waals surface area contributed by atoms with Gasteiger partial charge in [0.15, 0.2) is 0 Å². The summed E-state index contributed by atoms with van der Waals surface area (Å²) in [6, 6.07) is 5.15. The van der Waals surface area contributed by atoms with Crippen LogP contribution in [0.1, 0.15) is 10.9 Å². The summed E-state index contributed by atoms with van der Waals surface area (Å²) in [5.41, 5.74) is 0.586. The Morgan fingerprint density at radius 3 is 2.56 bits per heavy atom. The largest absolute Gasteiger partial charge is 0.497 e. The van der Waals surface area contributed by atoms with Gasteiger partial charge in [0.2, 0.25) is 5.91 Å².